The van der Waals surface area contributed by atoms with Gasteiger partial charge in [0.05, 0.1) is 36.1 Å². The predicted molar refractivity (Wildman–Crippen MR) is 135 cm³/mol. The van der Waals surface area contributed by atoms with E-state index in [-0.39, 0.29) is 18.4 Å². The van der Waals surface area contributed by atoms with Gasteiger partial charge < -0.3 is 4.90 Å². The number of likely N-dealkylation sites (tertiary alicyclic amines) is 1. The van der Waals surface area contributed by atoms with Crippen molar-refractivity contribution in [1.82, 2.24) is 29.8 Å². The molecule has 0 N–H and O–H groups in total. The first kappa shape index (κ1) is 24.0. The van der Waals surface area contributed by atoms with E-state index < -0.39 is 0 Å². The van der Waals surface area contributed by atoms with Gasteiger partial charge in [-0.25, -0.2) is 4.39 Å². The number of carbonyl (C=O) groups excluding carboxylic acids is 1. The fourth-order valence-electron chi connectivity index (χ4n) is 5.51. The van der Waals surface area contributed by atoms with Crippen LogP contribution in [-0.4, -0.2) is 75.0 Å². The number of Topliss-reactive ketones (excluding diaryl/α,β-unsaturated/α-hetero) is 1. The van der Waals surface area contributed by atoms with E-state index >= 15 is 0 Å². The van der Waals surface area contributed by atoms with Crippen molar-refractivity contribution in [3.05, 3.63) is 41.9 Å². The molecule has 35 heavy (non-hydrogen) atoms. The third-order valence-electron chi connectivity index (χ3n) is 7.24. The first-order valence-corrected chi connectivity index (χ1v) is 12.8. The number of rotatable bonds is 8. The standard InChI is InChI=1S/C27H35FN6O/c1-19(2)16-33-8-3-4-21(17-33)27(35)14-23-13-22-12-20(5-6-25(22)31-30-23)24-15-29-34-11-10-32(9-7-28)18-26(24)34/h5-6,12-13,15,19,21H,3-4,7-11,14,16-18H2,1-2H3. The molecular weight excluding hydrogens is 443 g/mol. The van der Waals surface area contributed by atoms with Gasteiger partial charge in [0.15, 0.2) is 0 Å². The maximum Gasteiger partial charge on any atom is 0.143 e. The number of hydrogen-bond donors (Lipinski definition) is 0. The number of nitrogens with zero attached hydrogens (tertiary/aromatic N) is 6. The maximum atomic E-state index is 13.1. The molecule has 1 aromatic carbocycles. The predicted octanol–water partition coefficient (Wildman–Crippen LogP) is 3.76. The average Bonchev–Trinajstić information content (AvgIpc) is 3.27. The molecule has 0 saturated carbocycles. The molecule has 2 aromatic heterocycles. The van der Waals surface area contributed by atoms with E-state index in [0.29, 0.717) is 25.4 Å². The van der Waals surface area contributed by atoms with E-state index in [4.69, 9.17) is 0 Å². The van der Waals surface area contributed by atoms with Gasteiger partial charge in [0.2, 0.25) is 0 Å². The van der Waals surface area contributed by atoms with E-state index in [9.17, 15) is 9.18 Å². The molecule has 1 unspecified atom stereocenters. The first-order chi connectivity index (χ1) is 17.0. The van der Waals surface area contributed by atoms with Gasteiger partial charge in [-0.15, -0.1) is 0 Å². The molecule has 0 radical (unpaired) electrons. The largest absolute Gasteiger partial charge is 0.302 e. The minimum absolute atomic E-state index is 0.0811. The Bertz CT molecular complexity index is 1190. The number of aromatic nitrogens is 4. The van der Waals surface area contributed by atoms with Crippen molar-refractivity contribution in [3.8, 4) is 11.1 Å². The van der Waals surface area contributed by atoms with Crippen molar-refractivity contribution in [2.24, 2.45) is 11.8 Å². The van der Waals surface area contributed by atoms with Gasteiger partial charge in [-0.3, -0.25) is 14.4 Å². The van der Waals surface area contributed by atoms with Gasteiger partial charge >= 0.3 is 0 Å². The van der Waals surface area contributed by atoms with Crippen molar-refractivity contribution in [1.29, 1.82) is 0 Å². The Morgan fingerprint density at radius 2 is 2.03 bits per heavy atom. The minimum atomic E-state index is -0.337. The molecule has 186 valence electrons. The lowest BCUT2D eigenvalue weighted by molar-refractivity contribution is -0.124. The summed E-state index contributed by atoms with van der Waals surface area (Å²) in [6, 6.07) is 8.12. The molecule has 1 atom stereocenters. The zero-order valence-electron chi connectivity index (χ0n) is 20.8. The monoisotopic (exact) mass is 478 g/mol. The smallest absolute Gasteiger partial charge is 0.143 e. The summed E-state index contributed by atoms with van der Waals surface area (Å²) in [5.41, 5.74) is 4.78. The molecule has 0 bridgehead atoms. The third-order valence-corrected chi connectivity index (χ3v) is 7.24. The number of ketones is 1. The molecule has 2 aliphatic heterocycles. The van der Waals surface area contributed by atoms with Gasteiger partial charge in [-0.2, -0.15) is 15.3 Å². The molecule has 2 aliphatic rings. The van der Waals surface area contributed by atoms with Crippen molar-refractivity contribution >= 4 is 16.7 Å². The average molecular weight is 479 g/mol. The summed E-state index contributed by atoms with van der Waals surface area (Å²) in [4.78, 5) is 17.7. The number of halogens is 1. The Morgan fingerprint density at radius 1 is 1.14 bits per heavy atom. The topological polar surface area (TPSA) is 67.2 Å². The van der Waals surface area contributed by atoms with E-state index in [1.165, 1.54) is 0 Å². The van der Waals surface area contributed by atoms with Crippen molar-refractivity contribution < 1.29 is 9.18 Å². The van der Waals surface area contributed by atoms with E-state index in [1.54, 1.807) is 0 Å². The van der Waals surface area contributed by atoms with Gasteiger partial charge in [0, 0.05) is 49.6 Å². The molecule has 0 aliphatic carbocycles. The zero-order valence-corrected chi connectivity index (χ0v) is 20.8. The van der Waals surface area contributed by atoms with Crippen LogP contribution in [0.15, 0.2) is 30.5 Å². The van der Waals surface area contributed by atoms with Crippen LogP contribution in [0.4, 0.5) is 4.39 Å². The molecular formula is C27H35FN6O. The molecule has 7 nitrogen and oxygen atoms in total. The fourth-order valence-corrected chi connectivity index (χ4v) is 5.51. The summed E-state index contributed by atoms with van der Waals surface area (Å²) in [6.07, 6.45) is 4.27. The van der Waals surface area contributed by atoms with Gasteiger partial charge in [0.1, 0.15) is 12.5 Å². The highest BCUT2D eigenvalue weighted by atomic mass is 19.1. The number of fused-ring (bicyclic) bond motifs is 2. The lowest BCUT2D eigenvalue weighted by atomic mass is 9.91. The van der Waals surface area contributed by atoms with Crippen LogP contribution >= 0.6 is 0 Å². The summed E-state index contributed by atoms with van der Waals surface area (Å²) in [5, 5.41) is 14.3. The van der Waals surface area contributed by atoms with E-state index in [2.05, 4.69) is 45.0 Å². The molecule has 1 fully saturated rings. The van der Waals surface area contributed by atoms with Gasteiger partial charge in [-0.1, -0.05) is 19.9 Å². The van der Waals surface area contributed by atoms with Crippen LogP contribution < -0.4 is 0 Å². The Labute approximate surface area is 206 Å². The molecule has 0 spiro atoms. The molecule has 0 amide bonds. The molecule has 8 heteroatoms. The van der Waals surface area contributed by atoms with Crippen LogP contribution in [0.25, 0.3) is 22.0 Å². The maximum absolute atomic E-state index is 13.1. The number of carbonyl (C=O) groups is 1. The van der Waals surface area contributed by atoms with Crippen LogP contribution in [-0.2, 0) is 24.3 Å². The number of alkyl halides is 1. The first-order valence-electron chi connectivity index (χ1n) is 12.8. The van der Waals surface area contributed by atoms with Crippen LogP contribution in [0, 0.1) is 11.8 Å². The zero-order chi connectivity index (χ0) is 24.4. The fraction of sp³-hybridized carbons (Fsp3) is 0.556. The summed E-state index contributed by atoms with van der Waals surface area (Å²) >= 11 is 0. The van der Waals surface area contributed by atoms with E-state index in [1.807, 2.05) is 29.1 Å². The number of benzene rings is 1. The van der Waals surface area contributed by atoms with Crippen molar-refractivity contribution in [3.63, 3.8) is 0 Å². The lowest BCUT2D eigenvalue weighted by Crippen LogP contribution is -2.40. The molecule has 5 rings (SSSR count). The molecule has 1 saturated heterocycles. The summed E-state index contributed by atoms with van der Waals surface area (Å²) in [7, 11) is 0. The summed E-state index contributed by atoms with van der Waals surface area (Å²) in [5.74, 6) is 0.956. The second-order valence-electron chi connectivity index (χ2n) is 10.4. The van der Waals surface area contributed by atoms with Crippen LogP contribution in [0.1, 0.15) is 38.1 Å². The van der Waals surface area contributed by atoms with Crippen LogP contribution in [0.2, 0.25) is 0 Å². The SMILES string of the molecule is CC(C)CN1CCCC(C(=O)Cc2cc3cc(-c4cnn5c4CN(CCF)CC5)ccc3nn2)C1. The third kappa shape index (κ3) is 5.43. The second-order valence-corrected chi connectivity index (χ2v) is 10.4. The Kier molecular flexibility index (Phi) is 7.20. The van der Waals surface area contributed by atoms with Gasteiger partial charge in [0.25, 0.3) is 0 Å². The highest BCUT2D eigenvalue weighted by molar-refractivity contribution is 5.87. The Hall–Kier alpha value is -2.71. The second kappa shape index (κ2) is 10.5. The van der Waals surface area contributed by atoms with Crippen molar-refractivity contribution in [2.45, 2.75) is 46.2 Å². The van der Waals surface area contributed by atoms with Crippen LogP contribution in [0.3, 0.4) is 0 Å². The van der Waals surface area contributed by atoms with Crippen molar-refractivity contribution in [2.75, 3.05) is 39.4 Å². The van der Waals surface area contributed by atoms with Crippen LogP contribution in [0.5, 0.6) is 0 Å². The normalized spacial score (nSPS) is 19.4. The number of piperidine rings is 1. The highest BCUT2D eigenvalue weighted by Gasteiger charge is 2.26. The Morgan fingerprint density at radius 3 is 2.86 bits per heavy atom. The van der Waals surface area contributed by atoms with E-state index in [0.717, 1.165) is 79.0 Å². The summed E-state index contributed by atoms with van der Waals surface area (Å²) in [6.45, 7) is 9.85. The Balaban J connectivity index is 1.33. The highest BCUT2D eigenvalue weighted by Crippen LogP contribution is 2.29. The lowest BCUT2D eigenvalue weighted by Gasteiger charge is -2.33. The summed E-state index contributed by atoms with van der Waals surface area (Å²) < 4.78 is 14.9. The molecule has 4 heterocycles. The molecule has 3 aromatic rings. The van der Waals surface area contributed by atoms with Gasteiger partial charge in [-0.05, 0) is 49.1 Å². The quantitative estimate of drug-likeness (QED) is 0.491. The number of hydrogen-bond acceptors (Lipinski definition) is 6. The minimum Gasteiger partial charge on any atom is -0.302 e.